The first-order chi connectivity index (χ1) is 9.93. The molecule has 2 N–H and O–H groups in total. The molecule has 0 unspecified atom stereocenters. The van der Waals surface area contributed by atoms with E-state index in [2.05, 4.69) is 0 Å². The summed E-state index contributed by atoms with van der Waals surface area (Å²) < 4.78 is 27.3. The van der Waals surface area contributed by atoms with E-state index >= 15 is 0 Å². The Kier molecular flexibility index (Phi) is 4.21. The van der Waals surface area contributed by atoms with Gasteiger partial charge in [-0.3, -0.25) is 4.79 Å². The number of halogens is 2. The van der Waals surface area contributed by atoms with Gasteiger partial charge in [0.1, 0.15) is 5.82 Å². The molecule has 3 nitrogen and oxygen atoms in total. The Hall–Kier alpha value is -2.43. The molecule has 0 saturated heterocycles. The zero-order chi connectivity index (χ0) is 15.6. The van der Waals surface area contributed by atoms with Crippen molar-refractivity contribution in [2.45, 2.75) is 13.8 Å². The number of carbonyl (C=O) groups is 1. The highest BCUT2D eigenvalue weighted by Gasteiger charge is 2.22. The minimum absolute atomic E-state index is 0.331. The number of hydrogen-bond acceptors (Lipinski definition) is 2. The number of aryl methyl sites for hydroxylation is 1. The van der Waals surface area contributed by atoms with Crippen LogP contribution in [0.5, 0.6) is 0 Å². The van der Waals surface area contributed by atoms with E-state index in [1.54, 1.807) is 19.1 Å². The van der Waals surface area contributed by atoms with Crippen LogP contribution in [0.2, 0.25) is 0 Å². The molecule has 5 heteroatoms. The number of nitrogens with zero attached hydrogens (tertiary/aromatic N) is 1. The molecule has 0 fully saturated rings. The molecule has 0 spiro atoms. The Morgan fingerprint density at radius 2 is 1.81 bits per heavy atom. The predicted molar refractivity (Wildman–Crippen MR) is 79.3 cm³/mol. The van der Waals surface area contributed by atoms with Gasteiger partial charge >= 0.3 is 0 Å². The molecule has 0 saturated carbocycles. The number of nitrogen functional groups attached to an aromatic ring is 1. The van der Waals surface area contributed by atoms with Crippen LogP contribution in [0.15, 0.2) is 36.4 Å². The van der Waals surface area contributed by atoms with Crippen molar-refractivity contribution in [3.63, 3.8) is 0 Å². The Labute approximate surface area is 122 Å². The van der Waals surface area contributed by atoms with Gasteiger partial charge in [-0.1, -0.05) is 17.7 Å². The fraction of sp³-hybridized carbons (Fsp3) is 0.188. The van der Waals surface area contributed by atoms with E-state index in [1.807, 2.05) is 19.1 Å². The normalized spacial score (nSPS) is 10.5. The minimum atomic E-state index is -0.896. The molecule has 2 aromatic carbocycles. The summed E-state index contributed by atoms with van der Waals surface area (Å²) in [7, 11) is 0. The molecule has 0 bridgehead atoms. The standard InChI is InChI=1S/C16H16F2N2O/c1-3-20(12-6-4-10(2)5-7-12)16(21)13-8-11(17)9-14(19)15(13)18/h4-9H,3,19H2,1-2H3. The van der Waals surface area contributed by atoms with Crippen molar-refractivity contribution in [1.29, 1.82) is 0 Å². The zero-order valence-electron chi connectivity index (χ0n) is 11.9. The van der Waals surface area contributed by atoms with E-state index < -0.39 is 17.5 Å². The summed E-state index contributed by atoms with van der Waals surface area (Å²) in [5, 5.41) is 0. The summed E-state index contributed by atoms with van der Waals surface area (Å²) in [6.07, 6.45) is 0. The highest BCUT2D eigenvalue weighted by molar-refractivity contribution is 6.06. The smallest absolute Gasteiger partial charge is 0.261 e. The lowest BCUT2D eigenvalue weighted by molar-refractivity contribution is 0.0984. The fourth-order valence-electron chi connectivity index (χ4n) is 2.08. The van der Waals surface area contributed by atoms with Crippen molar-refractivity contribution in [1.82, 2.24) is 0 Å². The number of benzene rings is 2. The van der Waals surface area contributed by atoms with Crippen molar-refractivity contribution in [3.8, 4) is 0 Å². The molecule has 0 heterocycles. The summed E-state index contributed by atoms with van der Waals surface area (Å²) in [4.78, 5) is 13.8. The molecule has 110 valence electrons. The quantitative estimate of drug-likeness (QED) is 0.879. The third-order valence-electron chi connectivity index (χ3n) is 3.20. The number of rotatable bonds is 3. The van der Waals surface area contributed by atoms with E-state index in [-0.39, 0.29) is 11.3 Å². The number of hydrogen-bond donors (Lipinski definition) is 1. The van der Waals surface area contributed by atoms with Gasteiger partial charge in [-0.15, -0.1) is 0 Å². The largest absolute Gasteiger partial charge is 0.396 e. The molecule has 2 aromatic rings. The molecule has 0 radical (unpaired) electrons. The highest BCUT2D eigenvalue weighted by atomic mass is 19.1. The van der Waals surface area contributed by atoms with E-state index in [9.17, 15) is 13.6 Å². The second-order valence-electron chi connectivity index (χ2n) is 4.74. The molecule has 1 amide bonds. The second kappa shape index (κ2) is 5.91. The van der Waals surface area contributed by atoms with Crippen LogP contribution in [0, 0.1) is 18.6 Å². The van der Waals surface area contributed by atoms with Gasteiger partial charge in [0.15, 0.2) is 5.82 Å². The van der Waals surface area contributed by atoms with Crippen LogP contribution in [0.1, 0.15) is 22.8 Å². The van der Waals surface area contributed by atoms with E-state index in [4.69, 9.17) is 5.73 Å². The van der Waals surface area contributed by atoms with Gasteiger partial charge in [0, 0.05) is 12.2 Å². The van der Waals surface area contributed by atoms with E-state index in [0.29, 0.717) is 12.2 Å². The summed E-state index contributed by atoms with van der Waals surface area (Å²) in [6, 6.07) is 8.94. The Bertz CT molecular complexity index is 669. The van der Waals surface area contributed by atoms with Crippen LogP contribution >= 0.6 is 0 Å². The van der Waals surface area contributed by atoms with Crippen LogP contribution < -0.4 is 10.6 Å². The van der Waals surface area contributed by atoms with Crippen LogP contribution in [0.25, 0.3) is 0 Å². The van der Waals surface area contributed by atoms with Crippen molar-refractivity contribution < 1.29 is 13.6 Å². The first-order valence-electron chi connectivity index (χ1n) is 6.57. The average Bonchev–Trinajstić information content (AvgIpc) is 2.45. The maximum atomic E-state index is 14.0. The molecular weight excluding hydrogens is 274 g/mol. The Morgan fingerprint density at radius 1 is 1.19 bits per heavy atom. The number of carbonyl (C=O) groups excluding carboxylic acids is 1. The van der Waals surface area contributed by atoms with Gasteiger partial charge < -0.3 is 10.6 Å². The van der Waals surface area contributed by atoms with Crippen molar-refractivity contribution in [2.75, 3.05) is 17.2 Å². The van der Waals surface area contributed by atoms with Crippen LogP contribution in [-0.2, 0) is 0 Å². The van der Waals surface area contributed by atoms with Gasteiger partial charge in [-0.25, -0.2) is 8.78 Å². The first-order valence-corrected chi connectivity index (χ1v) is 6.57. The second-order valence-corrected chi connectivity index (χ2v) is 4.74. The third kappa shape index (κ3) is 3.02. The monoisotopic (exact) mass is 290 g/mol. The number of nitrogens with two attached hydrogens (primary N) is 1. The molecule has 0 aliphatic carbocycles. The Morgan fingerprint density at radius 3 is 2.38 bits per heavy atom. The Balaban J connectivity index is 2.44. The van der Waals surface area contributed by atoms with Crippen LogP contribution in [0.4, 0.5) is 20.2 Å². The molecule has 0 aliphatic rings. The number of anilines is 2. The van der Waals surface area contributed by atoms with E-state index in [0.717, 1.165) is 17.7 Å². The maximum Gasteiger partial charge on any atom is 0.261 e. The highest BCUT2D eigenvalue weighted by Crippen LogP contribution is 2.22. The van der Waals surface area contributed by atoms with Gasteiger partial charge in [0.05, 0.1) is 11.3 Å². The summed E-state index contributed by atoms with van der Waals surface area (Å²) in [5.74, 6) is -2.26. The van der Waals surface area contributed by atoms with Gasteiger partial charge in [0.2, 0.25) is 0 Å². The molecule has 21 heavy (non-hydrogen) atoms. The average molecular weight is 290 g/mol. The van der Waals surface area contributed by atoms with E-state index in [1.165, 1.54) is 4.90 Å². The zero-order valence-corrected chi connectivity index (χ0v) is 11.9. The van der Waals surface area contributed by atoms with Crippen LogP contribution in [-0.4, -0.2) is 12.5 Å². The third-order valence-corrected chi connectivity index (χ3v) is 3.20. The first kappa shape index (κ1) is 15.0. The van der Waals surface area contributed by atoms with Gasteiger partial charge in [-0.2, -0.15) is 0 Å². The lowest BCUT2D eigenvalue weighted by Crippen LogP contribution is -2.31. The van der Waals surface area contributed by atoms with Crippen molar-refractivity contribution in [3.05, 3.63) is 59.2 Å². The van der Waals surface area contributed by atoms with Crippen LogP contribution in [0.3, 0.4) is 0 Å². The minimum Gasteiger partial charge on any atom is -0.396 e. The molecule has 0 atom stereocenters. The predicted octanol–water partition coefficient (Wildman–Crippen LogP) is 3.52. The lowest BCUT2D eigenvalue weighted by atomic mass is 10.1. The molecule has 0 aromatic heterocycles. The van der Waals surface area contributed by atoms with Crippen molar-refractivity contribution in [2.24, 2.45) is 0 Å². The fourth-order valence-corrected chi connectivity index (χ4v) is 2.08. The topological polar surface area (TPSA) is 46.3 Å². The molecule has 0 aliphatic heterocycles. The number of amides is 1. The maximum absolute atomic E-state index is 14.0. The molecular formula is C16H16F2N2O. The molecule has 2 rings (SSSR count). The SMILES string of the molecule is CCN(C(=O)c1cc(F)cc(N)c1F)c1ccc(C)cc1. The summed E-state index contributed by atoms with van der Waals surface area (Å²) in [5.41, 5.74) is 6.30. The van der Waals surface area contributed by atoms with Gasteiger partial charge in [-0.05, 0) is 38.1 Å². The summed E-state index contributed by atoms with van der Waals surface area (Å²) in [6.45, 7) is 4.02. The van der Waals surface area contributed by atoms with Crippen molar-refractivity contribution >= 4 is 17.3 Å². The van der Waals surface area contributed by atoms with Gasteiger partial charge in [0.25, 0.3) is 5.91 Å². The lowest BCUT2D eigenvalue weighted by Gasteiger charge is -2.22. The summed E-state index contributed by atoms with van der Waals surface area (Å²) >= 11 is 0.